The van der Waals surface area contributed by atoms with E-state index in [1.807, 2.05) is 19.1 Å². The Balaban J connectivity index is 2.38. The first kappa shape index (κ1) is 13.4. The van der Waals surface area contributed by atoms with Crippen LogP contribution in [0.1, 0.15) is 32.1 Å². The lowest BCUT2D eigenvalue weighted by Crippen LogP contribution is -2.22. The molecule has 0 saturated heterocycles. The molecule has 96 valence electrons. The molecule has 2 rings (SSSR count). The smallest absolute Gasteiger partial charge is 0.148 e. The van der Waals surface area contributed by atoms with Gasteiger partial charge in [-0.15, -0.1) is 0 Å². The van der Waals surface area contributed by atoms with Crippen molar-refractivity contribution in [3.63, 3.8) is 0 Å². The van der Waals surface area contributed by atoms with Crippen molar-refractivity contribution in [1.29, 1.82) is 0 Å². The van der Waals surface area contributed by atoms with Crippen molar-refractivity contribution in [3.8, 4) is 0 Å². The molecule has 0 aliphatic rings. The van der Waals surface area contributed by atoms with Crippen molar-refractivity contribution < 1.29 is 4.42 Å². The standard InChI is InChI=1S/C15H18BrNO/c1-4-8-17-14(10(2)3)13-9-11-6-5-7-12(16)15(11)18-13/h5-7,9,14,17H,2,4,8H2,1,3H3. The molecule has 3 heteroatoms. The highest BCUT2D eigenvalue weighted by molar-refractivity contribution is 9.10. The molecule has 0 aliphatic heterocycles. The third-order valence-corrected chi connectivity index (χ3v) is 3.52. The summed E-state index contributed by atoms with van der Waals surface area (Å²) >= 11 is 3.51. The Hall–Kier alpha value is -1.06. The molecule has 0 radical (unpaired) electrons. The molecule has 0 aliphatic carbocycles. The number of hydrogen-bond acceptors (Lipinski definition) is 2. The first-order valence-corrected chi connectivity index (χ1v) is 6.99. The van der Waals surface area contributed by atoms with E-state index in [0.29, 0.717) is 0 Å². The van der Waals surface area contributed by atoms with E-state index in [9.17, 15) is 0 Å². The minimum Gasteiger partial charge on any atom is -0.458 e. The SMILES string of the molecule is C=C(C)C(NCCC)c1cc2cccc(Br)c2o1. The van der Waals surface area contributed by atoms with E-state index in [1.165, 1.54) is 0 Å². The molecule has 2 nitrogen and oxygen atoms in total. The molecule has 0 fully saturated rings. The molecular weight excluding hydrogens is 290 g/mol. The van der Waals surface area contributed by atoms with Crippen molar-refractivity contribution in [2.75, 3.05) is 6.54 Å². The topological polar surface area (TPSA) is 25.2 Å². The molecule has 18 heavy (non-hydrogen) atoms. The summed E-state index contributed by atoms with van der Waals surface area (Å²) in [5.74, 6) is 0.929. The van der Waals surface area contributed by atoms with Crippen LogP contribution in [-0.4, -0.2) is 6.54 Å². The zero-order valence-electron chi connectivity index (χ0n) is 10.8. The molecule has 0 amide bonds. The molecule has 0 bridgehead atoms. The third-order valence-electron chi connectivity index (χ3n) is 2.89. The first-order valence-electron chi connectivity index (χ1n) is 6.20. The molecule has 0 saturated carbocycles. The summed E-state index contributed by atoms with van der Waals surface area (Å²) in [5, 5.41) is 4.57. The second-order valence-corrected chi connectivity index (χ2v) is 5.39. The fourth-order valence-corrected chi connectivity index (χ4v) is 2.46. The molecule has 1 atom stereocenters. The average Bonchev–Trinajstić information content (AvgIpc) is 2.74. The number of benzene rings is 1. The van der Waals surface area contributed by atoms with E-state index < -0.39 is 0 Å². The number of rotatable bonds is 5. The van der Waals surface area contributed by atoms with Crippen molar-refractivity contribution >= 4 is 26.9 Å². The van der Waals surface area contributed by atoms with Gasteiger partial charge in [0.25, 0.3) is 0 Å². The van der Waals surface area contributed by atoms with E-state index >= 15 is 0 Å². The minimum absolute atomic E-state index is 0.0873. The largest absolute Gasteiger partial charge is 0.458 e. The van der Waals surface area contributed by atoms with Gasteiger partial charge in [-0.25, -0.2) is 0 Å². The number of nitrogens with one attached hydrogen (secondary N) is 1. The van der Waals surface area contributed by atoms with Gasteiger partial charge in [0.15, 0.2) is 0 Å². The summed E-state index contributed by atoms with van der Waals surface area (Å²) in [4.78, 5) is 0. The predicted molar refractivity (Wildman–Crippen MR) is 79.8 cm³/mol. The lowest BCUT2D eigenvalue weighted by Gasteiger charge is -2.15. The molecule has 1 unspecified atom stereocenters. The maximum atomic E-state index is 5.95. The molecule has 2 aromatic rings. The highest BCUT2D eigenvalue weighted by atomic mass is 79.9. The number of fused-ring (bicyclic) bond motifs is 1. The van der Waals surface area contributed by atoms with E-state index in [-0.39, 0.29) is 6.04 Å². The van der Waals surface area contributed by atoms with Gasteiger partial charge < -0.3 is 9.73 Å². The maximum absolute atomic E-state index is 5.95. The van der Waals surface area contributed by atoms with Crippen LogP contribution >= 0.6 is 15.9 Å². The summed E-state index contributed by atoms with van der Waals surface area (Å²) in [7, 11) is 0. The van der Waals surface area contributed by atoms with Gasteiger partial charge in [-0.2, -0.15) is 0 Å². The second-order valence-electron chi connectivity index (χ2n) is 4.54. The van der Waals surface area contributed by atoms with Crippen LogP contribution < -0.4 is 5.32 Å². The molecular formula is C15H18BrNO. The highest BCUT2D eigenvalue weighted by Crippen LogP contribution is 2.31. The fourth-order valence-electron chi connectivity index (χ4n) is 2.00. The van der Waals surface area contributed by atoms with E-state index in [2.05, 4.69) is 46.9 Å². The number of hydrogen-bond donors (Lipinski definition) is 1. The number of furan rings is 1. The number of para-hydroxylation sites is 1. The van der Waals surface area contributed by atoms with Gasteiger partial charge in [-0.1, -0.05) is 31.2 Å². The highest BCUT2D eigenvalue weighted by Gasteiger charge is 2.17. The Morgan fingerprint density at radius 1 is 1.50 bits per heavy atom. The summed E-state index contributed by atoms with van der Waals surface area (Å²) < 4.78 is 6.94. The van der Waals surface area contributed by atoms with E-state index in [4.69, 9.17) is 4.42 Å². The summed E-state index contributed by atoms with van der Waals surface area (Å²) in [6.07, 6.45) is 1.09. The van der Waals surface area contributed by atoms with Crippen molar-refractivity contribution in [2.24, 2.45) is 0 Å². The van der Waals surface area contributed by atoms with Gasteiger partial charge in [0.2, 0.25) is 0 Å². The lowest BCUT2D eigenvalue weighted by atomic mass is 10.1. The van der Waals surface area contributed by atoms with Crippen LogP contribution in [0.25, 0.3) is 11.0 Å². The van der Waals surface area contributed by atoms with Crippen LogP contribution in [0.4, 0.5) is 0 Å². The van der Waals surface area contributed by atoms with Gasteiger partial charge >= 0.3 is 0 Å². The van der Waals surface area contributed by atoms with Crippen molar-refractivity contribution in [1.82, 2.24) is 5.32 Å². The van der Waals surface area contributed by atoms with Crippen LogP contribution in [0.15, 0.2) is 45.3 Å². The zero-order chi connectivity index (χ0) is 13.1. The summed E-state index contributed by atoms with van der Waals surface area (Å²) in [6.45, 7) is 9.17. The van der Waals surface area contributed by atoms with Crippen molar-refractivity contribution in [2.45, 2.75) is 26.3 Å². The van der Waals surface area contributed by atoms with Gasteiger partial charge in [-0.05, 0) is 48.0 Å². The Morgan fingerprint density at radius 2 is 2.28 bits per heavy atom. The first-order chi connectivity index (χ1) is 8.63. The molecule has 1 aromatic carbocycles. The Kier molecular flexibility index (Phi) is 4.25. The van der Waals surface area contributed by atoms with Crippen LogP contribution in [0.5, 0.6) is 0 Å². The fraction of sp³-hybridized carbons (Fsp3) is 0.333. The summed E-state index contributed by atoms with van der Waals surface area (Å²) in [5.41, 5.74) is 1.97. The normalized spacial score (nSPS) is 12.8. The van der Waals surface area contributed by atoms with Crippen LogP contribution in [-0.2, 0) is 0 Å². The Labute approximate surface area is 116 Å². The molecule has 1 N–H and O–H groups in total. The maximum Gasteiger partial charge on any atom is 0.148 e. The summed E-state index contributed by atoms with van der Waals surface area (Å²) in [6, 6.07) is 8.24. The average molecular weight is 308 g/mol. The van der Waals surface area contributed by atoms with Gasteiger partial charge in [0, 0.05) is 5.39 Å². The molecule has 0 spiro atoms. The predicted octanol–water partition coefficient (Wildman–Crippen LogP) is 4.81. The minimum atomic E-state index is 0.0873. The number of halogens is 1. The van der Waals surface area contributed by atoms with Crippen LogP contribution in [0.2, 0.25) is 0 Å². The zero-order valence-corrected chi connectivity index (χ0v) is 12.4. The molecule has 1 heterocycles. The lowest BCUT2D eigenvalue weighted by molar-refractivity contribution is 0.465. The van der Waals surface area contributed by atoms with Crippen LogP contribution in [0.3, 0.4) is 0 Å². The van der Waals surface area contributed by atoms with Gasteiger partial charge in [0.05, 0.1) is 10.5 Å². The van der Waals surface area contributed by atoms with Crippen molar-refractivity contribution in [3.05, 3.63) is 46.7 Å². The van der Waals surface area contributed by atoms with Gasteiger partial charge in [0.1, 0.15) is 11.3 Å². The third kappa shape index (κ3) is 2.68. The second kappa shape index (κ2) is 5.72. The quantitative estimate of drug-likeness (QED) is 0.802. The Morgan fingerprint density at radius 3 is 2.89 bits per heavy atom. The van der Waals surface area contributed by atoms with E-state index in [1.54, 1.807) is 0 Å². The monoisotopic (exact) mass is 307 g/mol. The molecule has 1 aromatic heterocycles. The van der Waals surface area contributed by atoms with Crippen LogP contribution in [0, 0.1) is 0 Å². The Bertz CT molecular complexity index is 559. The van der Waals surface area contributed by atoms with Gasteiger partial charge in [-0.3, -0.25) is 0 Å². The van der Waals surface area contributed by atoms with E-state index in [0.717, 1.165) is 39.7 Å².